The molecule has 27 heavy (non-hydrogen) atoms. The van der Waals surface area contributed by atoms with Crippen molar-refractivity contribution in [3.8, 4) is 0 Å². The average molecular weight is 390 g/mol. The highest BCUT2D eigenvalue weighted by Gasteiger charge is 2.11. The lowest BCUT2D eigenvalue weighted by atomic mass is 10.1. The molecule has 0 bridgehead atoms. The van der Waals surface area contributed by atoms with Gasteiger partial charge in [-0.25, -0.2) is 9.97 Å². The smallest absolute Gasteiger partial charge is 0.270 e. The Kier molecular flexibility index (Phi) is 7.38. The van der Waals surface area contributed by atoms with E-state index in [0.717, 1.165) is 45.0 Å². The zero-order valence-corrected chi connectivity index (χ0v) is 15.9. The van der Waals surface area contributed by atoms with Crippen molar-refractivity contribution in [1.29, 1.82) is 0 Å². The fourth-order valence-corrected chi connectivity index (χ4v) is 3.06. The molecule has 2 N–H and O–H groups in total. The van der Waals surface area contributed by atoms with Crippen LogP contribution in [0.4, 0.5) is 5.82 Å². The van der Waals surface area contributed by atoms with Crippen LogP contribution in [-0.4, -0.2) is 66.7 Å². The zero-order valence-electron chi connectivity index (χ0n) is 15.2. The van der Waals surface area contributed by atoms with Crippen LogP contribution < -0.4 is 10.6 Å². The van der Waals surface area contributed by atoms with Gasteiger partial charge in [0.2, 0.25) is 0 Å². The number of amides is 1. The first kappa shape index (κ1) is 19.5. The molecule has 0 unspecified atom stereocenters. The van der Waals surface area contributed by atoms with Crippen molar-refractivity contribution in [2.45, 2.75) is 6.42 Å². The first-order chi connectivity index (χ1) is 13.2. The number of halogens is 1. The van der Waals surface area contributed by atoms with Gasteiger partial charge < -0.3 is 15.4 Å². The lowest BCUT2D eigenvalue weighted by molar-refractivity contribution is 0.0398. The highest BCUT2D eigenvalue weighted by Crippen LogP contribution is 2.11. The van der Waals surface area contributed by atoms with Gasteiger partial charge in [0, 0.05) is 43.8 Å². The maximum absolute atomic E-state index is 12.3. The van der Waals surface area contributed by atoms with Gasteiger partial charge in [0.25, 0.3) is 5.91 Å². The molecule has 0 radical (unpaired) electrons. The molecular formula is C19H24ClN5O2. The Morgan fingerprint density at radius 3 is 2.85 bits per heavy atom. The van der Waals surface area contributed by atoms with E-state index < -0.39 is 0 Å². The Hall–Kier alpha value is -2.22. The molecule has 1 amide bonds. The Morgan fingerprint density at radius 1 is 1.19 bits per heavy atom. The summed E-state index contributed by atoms with van der Waals surface area (Å²) in [6.45, 7) is 5.65. The van der Waals surface area contributed by atoms with E-state index in [4.69, 9.17) is 16.3 Å². The molecule has 3 rings (SSSR count). The molecule has 1 fully saturated rings. The summed E-state index contributed by atoms with van der Waals surface area (Å²) in [7, 11) is 0. The second-order valence-electron chi connectivity index (χ2n) is 6.31. The molecule has 0 spiro atoms. The normalized spacial score (nSPS) is 14.7. The van der Waals surface area contributed by atoms with E-state index in [2.05, 4.69) is 25.5 Å². The summed E-state index contributed by atoms with van der Waals surface area (Å²) in [5.41, 5.74) is 1.43. The number of hydrogen-bond donors (Lipinski definition) is 2. The van der Waals surface area contributed by atoms with Crippen molar-refractivity contribution in [3.05, 3.63) is 52.9 Å². The minimum atomic E-state index is -0.212. The number of nitrogens with zero attached hydrogens (tertiary/aromatic N) is 3. The lowest BCUT2D eigenvalue weighted by Crippen LogP contribution is -2.39. The molecular weight excluding hydrogens is 366 g/mol. The molecule has 1 aliphatic heterocycles. The third-order valence-corrected chi connectivity index (χ3v) is 4.56. The monoisotopic (exact) mass is 389 g/mol. The standard InChI is InChI=1S/C19H24ClN5O2/c20-16-3-1-2-15(12-16)4-5-22-19(26)17-13-18(24-14-23-17)21-6-7-25-8-10-27-11-9-25/h1-3,12-14H,4-11H2,(H,22,26)(H,21,23,24). The molecule has 0 saturated carbocycles. The topological polar surface area (TPSA) is 79.4 Å². The Balaban J connectivity index is 1.43. The zero-order chi connectivity index (χ0) is 18.9. The van der Waals surface area contributed by atoms with Gasteiger partial charge >= 0.3 is 0 Å². The van der Waals surface area contributed by atoms with Gasteiger partial charge in [0.15, 0.2) is 0 Å². The minimum absolute atomic E-state index is 0.212. The lowest BCUT2D eigenvalue weighted by Gasteiger charge is -2.26. The molecule has 1 saturated heterocycles. The maximum atomic E-state index is 12.3. The molecule has 0 atom stereocenters. The number of anilines is 1. The van der Waals surface area contributed by atoms with Crippen LogP contribution in [0.25, 0.3) is 0 Å². The second kappa shape index (κ2) is 10.2. The average Bonchev–Trinajstić information content (AvgIpc) is 2.69. The number of carbonyl (C=O) groups excluding carboxylic acids is 1. The number of carbonyl (C=O) groups is 1. The van der Waals surface area contributed by atoms with E-state index in [0.29, 0.717) is 29.5 Å². The Morgan fingerprint density at radius 2 is 2.04 bits per heavy atom. The van der Waals surface area contributed by atoms with E-state index in [1.807, 2.05) is 24.3 Å². The highest BCUT2D eigenvalue weighted by atomic mass is 35.5. The summed E-state index contributed by atoms with van der Waals surface area (Å²) in [5, 5.41) is 6.82. The fraction of sp³-hybridized carbons (Fsp3) is 0.421. The molecule has 1 aliphatic rings. The van der Waals surface area contributed by atoms with Crippen molar-refractivity contribution in [3.63, 3.8) is 0 Å². The molecule has 2 aromatic rings. The van der Waals surface area contributed by atoms with Gasteiger partial charge in [-0.15, -0.1) is 0 Å². The summed E-state index contributed by atoms with van der Waals surface area (Å²) in [6, 6.07) is 9.29. The molecule has 0 aliphatic carbocycles. The summed E-state index contributed by atoms with van der Waals surface area (Å²) in [5.74, 6) is 0.439. The largest absolute Gasteiger partial charge is 0.379 e. The van der Waals surface area contributed by atoms with Crippen LogP contribution in [0.1, 0.15) is 16.1 Å². The minimum Gasteiger partial charge on any atom is -0.379 e. The van der Waals surface area contributed by atoms with Crippen LogP contribution in [0, 0.1) is 0 Å². The van der Waals surface area contributed by atoms with Crippen LogP contribution in [0.3, 0.4) is 0 Å². The summed E-state index contributed by atoms with van der Waals surface area (Å²) in [6.07, 6.45) is 2.12. The van der Waals surface area contributed by atoms with Crippen LogP contribution in [-0.2, 0) is 11.2 Å². The van der Waals surface area contributed by atoms with Crippen LogP contribution in [0.2, 0.25) is 5.02 Å². The van der Waals surface area contributed by atoms with Crippen LogP contribution in [0.15, 0.2) is 36.7 Å². The van der Waals surface area contributed by atoms with Crippen molar-refractivity contribution in [1.82, 2.24) is 20.2 Å². The maximum Gasteiger partial charge on any atom is 0.270 e. The number of aromatic nitrogens is 2. The summed E-state index contributed by atoms with van der Waals surface area (Å²) in [4.78, 5) is 22.9. The predicted molar refractivity (Wildman–Crippen MR) is 105 cm³/mol. The second-order valence-corrected chi connectivity index (χ2v) is 6.74. The van der Waals surface area contributed by atoms with E-state index in [-0.39, 0.29) is 5.91 Å². The van der Waals surface area contributed by atoms with E-state index in [9.17, 15) is 4.79 Å². The van der Waals surface area contributed by atoms with Gasteiger partial charge in [-0.1, -0.05) is 23.7 Å². The van der Waals surface area contributed by atoms with E-state index in [1.54, 1.807) is 6.07 Å². The molecule has 144 valence electrons. The Labute approximate surface area is 164 Å². The van der Waals surface area contributed by atoms with E-state index >= 15 is 0 Å². The quantitative estimate of drug-likeness (QED) is 0.717. The van der Waals surface area contributed by atoms with Crippen molar-refractivity contribution >= 4 is 23.3 Å². The Bertz CT molecular complexity index is 752. The number of morpholine rings is 1. The SMILES string of the molecule is O=C(NCCc1cccc(Cl)c1)c1cc(NCCN2CCOCC2)ncn1. The van der Waals surface area contributed by atoms with Gasteiger partial charge in [-0.2, -0.15) is 0 Å². The van der Waals surface area contributed by atoms with Gasteiger partial charge in [0.1, 0.15) is 17.8 Å². The van der Waals surface area contributed by atoms with Gasteiger partial charge in [-0.05, 0) is 24.1 Å². The molecule has 8 heteroatoms. The molecule has 2 heterocycles. The summed E-state index contributed by atoms with van der Waals surface area (Å²) < 4.78 is 5.34. The highest BCUT2D eigenvalue weighted by molar-refractivity contribution is 6.30. The predicted octanol–water partition coefficient (Wildman–Crippen LogP) is 1.85. The molecule has 7 nitrogen and oxygen atoms in total. The fourth-order valence-electron chi connectivity index (χ4n) is 2.85. The summed E-state index contributed by atoms with van der Waals surface area (Å²) >= 11 is 5.97. The van der Waals surface area contributed by atoms with Gasteiger partial charge in [-0.3, -0.25) is 9.69 Å². The first-order valence-electron chi connectivity index (χ1n) is 9.09. The van der Waals surface area contributed by atoms with Crippen LogP contribution in [0.5, 0.6) is 0 Å². The van der Waals surface area contributed by atoms with Crippen molar-refractivity contribution in [2.24, 2.45) is 0 Å². The first-order valence-corrected chi connectivity index (χ1v) is 9.47. The van der Waals surface area contributed by atoms with Crippen molar-refractivity contribution in [2.75, 3.05) is 51.3 Å². The number of nitrogens with one attached hydrogen (secondary N) is 2. The van der Waals surface area contributed by atoms with E-state index in [1.165, 1.54) is 6.33 Å². The van der Waals surface area contributed by atoms with Gasteiger partial charge in [0.05, 0.1) is 13.2 Å². The number of ether oxygens (including phenoxy) is 1. The number of rotatable bonds is 8. The van der Waals surface area contributed by atoms with Crippen molar-refractivity contribution < 1.29 is 9.53 Å². The third-order valence-electron chi connectivity index (χ3n) is 4.33. The number of benzene rings is 1. The molecule has 1 aromatic heterocycles. The van der Waals surface area contributed by atoms with Crippen LogP contribution >= 0.6 is 11.6 Å². The molecule has 1 aromatic carbocycles. The third kappa shape index (κ3) is 6.46. The number of hydrogen-bond acceptors (Lipinski definition) is 6.